The molecular weight excluding hydrogens is 224 g/mol. The summed E-state index contributed by atoms with van der Waals surface area (Å²) in [4.78, 5) is 6.84. The van der Waals surface area contributed by atoms with E-state index in [-0.39, 0.29) is 0 Å². The molecule has 2 heterocycles. The van der Waals surface area contributed by atoms with Gasteiger partial charge in [0.1, 0.15) is 0 Å². The minimum absolute atomic E-state index is 0.647. The number of para-hydroxylation sites is 1. The summed E-state index contributed by atoms with van der Waals surface area (Å²) in [6.07, 6.45) is 1.25. The van der Waals surface area contributed by atoms with Gasteiger partial charge in [0.05, 0.1) is 11.0 Å². The molecule has 0 bridgehead atoms. The van der Waals surface area contributed by atoms with Gasteiger partial charge in [0.25, 0.3) is 0 Å². The lowest BCUT2D eigenvalue weighted by atomic mass is 10.1. The number of anilines is 1. The monoisotopic (exact) mass is 244 g/mol. The van der Waals surface area contributed by atoms with E-state index in [1.165, 1.54) is 24.0 Å². The van der Waals surface area contributed by atoms with Crippen molar-refractivity contribution in [3.05, 3.63) is 23.8 Å². The Balaban J connectivity index is 1.98. The summed E-state index contributed by atoms with van der Waals surface area (Å²) >= 11 is 0. The van der Waals surface area contributed by atoms with Crippen molar-refractivity contribution in [1.29, 1.82) is 0 Å². The van der Waals surface area contributed by atoms with Crippen LogP contribution in [0, 0.1) is 12.8 Å². The van der Waals surface area contributed by atoms with E-state index >= 15 is 0 Å². The maximum Gasteiger partial charge on any atom is 0.201 e. The third-order valence-electron chi connectivity index (χ3n) is 3.93. The number of fused-ring (bicyclic) bond motifs is 1. The summed E-state index contributed by atoms with van der Waals surface area (Å²) < 4.78 is 2.19. The number of benzene rings is 1. The number of aryl methyl sites for hydroxylation is 1. The number of aromatic nitrogens is 2. The molecule has 18 heavy (non-hydrogen) atoms. The van der Waals surface area contributed by atoms with E-state index in [0.29, 0.717) is 11.9 Å². The molecular formula is C14H20N4. The van der Waals surface area contributed by atoms with Gasteiger partial charge in [-0.3, -0.25) is 0 Å². The first-order chi connectivity index (χ1) is 8.65. The molecule has 1 aliphatic heterocycles. The van der Waals surface area contributed by atoms with Gasteiger partial charge >= 0.3 is 0 Å². The maximum atomic E-state index is 6.07. The van der Waals surface area contributed by atoms with Crippen LogP contribution in [0.25, 0.3) is 11.0 Å². The molecule has 1 fully saturated rings. The second-order valence-electron chi connectivity index (χ2n) is 5.44. The van der Waals surface area contributed by atoms with Crippen LogP contribution in [0.15, 0.2) is 18.2 Å². The second kappa shape index (κ2) is 4.28. The first kappa shape index (κ1) is 11.5. The standard InChI is InChI=1S/C14H20N4/c1-10-4-3-5-12-13(10)18(14(15)16-12)9-11-6-7-17(2)8-11/h3-5,11H,6-9H2,1-2H3,(H2,15,16). The van der Waals surface area contributed by atoms with Crippen molar-refractivity contribution in [2.75, 3.05) is 25.9 Å². The number of nitrogen functional groups attached to an aromatic ring is 1. The van der Waals surface area contributed by atoms with Gasteiger partial charge in [0, 0.05) is 13.1 Å². The Kier molecular flexibility index (Phi) is 2.74. The van der Waals surface area contributed by atoms with E-state index in [2.05, 4.69) is 34.5 Å². The second-order valence-corrected chi connectivity index (χ2v) is 5.44. The van der Waals surface area contributed by atoms with E-state index in [1.54, 1.807) is 0 Å². The summed E-state index contributed by atoms with van der Waals surface area (Å²) in [6.45, 7) is 5.46. The van der Waals surface area contributed by atoms with Gasteiger partial charge in [-0.05, 0) is 44.5 Å². The quantitative estimate of drug-likeness (QED) is 0.877. The summed E-state index contributed by atoms with van der Waals surface area (Å²) in [5.74, 6) is 1.34. The first-order valence-electron chi connectivity index (χ1n) is 6.55. The van der Waals surface area contributed by atoms with E-state index in [9.17, 15) is 0 Å². The van der Waals surface area contributed by atoms with Crippen molar-refractivity contribution >= 4 is 17.0 Å². The number of hydrogen-bond donors (Lipinski definition) is 1. The third-order valence-corrected chi connectivity index (χ3v) is 3.93. The Labute approximate surface area is 107 Å². The first-order valence-corrected chi connectivity index (χ1v) is 6.55. The molecule has 1 atom stereocenters. The van der Waals surface area contributed by atoms with Crippen molar-refractivity contribution in [2.45, 2.75) is 19.9 Å². The smallest absolute Gasteiger partial charge is 0.201 e. The Bertz CT molecular complexity index is 572. The molecule has 0 aliphatic carbocycles. The van der Waals surface area contributed by atoms with Crippen LogP contribution in [0.5, 0.6) is 0 Å². The Morgan fingerprint density at radius 1 is 1.44 bits per heavy atom. The molecule has 4 nitrogen and oxygen atoms in total. The van der Waals surface area contributed by atoms with Crippen LogP contribution in [0.1, 0.15) is 12.0 Å². The van der Waals surface area contributed by atoms with Crippen LogP contribution in [-0.4, -0.2) is 34.6 Å². The topological polar surface area (TPSA) is 47.1 Å². The highest BCUT2D eigenvalue weighted by Gasteiger charge is 2.21. The predicted octanol–water partition coefficient (Wildman–Crippen LogP) is 1.88. The summed E-state index contributed by atoms with van der Waals surface area (Å²) in [7, 11) is 2.18. The fourth-order valence-corrected chi connectivity index (χ4v) is 3.00. The zero-order valence-electron chi connectivity index (χ0n) is 11.1. The Morgan fingerprint density at radius 2 is 2.28 bits per heavy atom. The van der Waals surface area contributed by atoms with Gasteiger partial charge in [-0.25, -0.2) is 4.98 Å². The van der Waals surface area contributed by atoms with Gasteiger partial charge in [-0.1, -0.05) is 12.1 Å². The largest absolute Gasteiger partial charge is 0.369 e. The van der Waals surface area contributed by atoms with Crippen molar-refractivity contribution < 1.29 is 0 Å². The van der Waals surface area contributed by atoms with Crippen LogP contribution in [0.4, 0.5) is 5.95 Å². The van der Waals surface area contributed by atoms with Crippen molar-refractivity contribution in [2.24, 2.45) is 5.92 Å². The lowest BCUT2D eigenvalue weighted by molar-refractivity contribution is 0.380. The third kappa shape index (κ3) is 1.86. The fourth-order valence-electron chi connectivity index (χ4n) is 3.00. The molecule has 0 saturated carbocycles. The molecule has 3 rings (SSSR count). The summed E-state index contributed by atoms with van der Waals surface area (Å²) in [5.41, 5.74) is 9.54. The molecule has 0 radical (unpaired) electrons. The number of imidazole rings is 1. The Hall–Kier alpha value is -1.55. The molecule has 0 amide bonds. The van der Waals surface area contributed by atoms with Gasteiger partial charge in [0.2, 0.25) is 5.95 Å². The van der Waals surface area contributed by atoms with Gasteiger partial charge in [-0.2, -0.15) is 0 Å². The van der Waals surface area contributed by atoms with Crippen molar-refractivity contribution in [1.82, 2.24) is 14.5 Å². The number of rotatable bonds is 2. The van der Waals surface area contributed by atoms with Crippen LogP contribution in [0.2, 0.25) is 0 Å². The number of hydrogen-bond acceptors (Lipinski definition) is 3. The Morgan fingerprint density at radius 3 is 3.00 bits per heavy atom. The summed E-state index contributed by atoms with van der Waals surface area (Å²) in [6, 6.07) is 6.20. The minimum Gasteiger partial charge on any atom is -0.369 e. The SMILES string of the molecule is Cc1cccc2nc(N)n(CC3CCN(C)C3)c12. The highest BCUT2D eigenvalue weighted by Crippen LogP contribution is 2.25. The predicted molar refractivity (Wildman–Crippen MR) is 74.5 cm³/mol. The van der Waals surface area contributed by atoms with Gasteiger partial charge in [-0.15, -0.1) is 0 Å². The number of nitrogens with two attached hydrogens (primary N) is 1. The van der Waals surface area contributed by atoms with E-state index < -0.39 is 0 Å². The van der Waals surface area contributed by atoms with Crippen LogP contribution in [0.3, 0.4) is 0 Å². The highest BCUT2D eigenvalue weighted by molar-refractivity contribution is 5.81. The lowest BCUT2D eigenvalue weighted by Crippen LogP contribution is -2.18. The molecule has 1 unspecified atom stereocenters. The van der Waals surface area contributed by atoms with E-state index in [1.807, 2.05) is 12.1 Å². The highest BCUT2D eigenvalue weighted by atomic mass is 15.2. The normalized spacial score (nSPS) is 20.9. The van der Waals surface area contributed by atoms with Gasteiger partial charge in [0.15, 0.2) is 0 Å². The zero-order chi connectivity index (χ0) is 12.7. The van der Waals surface area contributed by atoms with Crippen molar-refractivity contribution in [3.8, 4) is 0 Å². The lowest BCUT2D eigenvalue weighted by Gasteiger charge is -2.14. The van der Waals surface area contributed by atoms with Gasteiger partial charge < -0.3 is 15.2 Å². The zero-order valence-corrected chi connectivity index (χ0v) is 11.1. The van der Waals surface area contributed by atoms with E-state index in [0.717, 1.165) is 18.6 Å². The molecule has 1 saturated heterocycles. The fraction of sp³-hybridized carbons (Fsp3) is 0.500. The molecule has 0 spiro atoms. The molecule has 96 valence electrons. The molecule has 2 aromatic rings. The minimum atomic E-state index is 0.647. The van der Waals surface area contributed by atoms with Crippen LogP contribution in [-0.2, 0) is 6.54 Å². The molecule has 1 aromatic heterocycles. The number of likely N-dealkylation sites (tertiary alicyclic amines) is 1. The van der Waals surface area contributed by atoms with Crippen LogP contribution < -0.4 is 5.73 Å². The average Bonchev–Trinajstić information content (AvgIpc) is 2.85. The van der Waals surface area contributed by atoms with Crippen LogP contribution >= 0.6 is 0 Å². The number of nitrogens with zero attached hydrogens (tertiary/aromatic N) is 3. The molecule has 1 aromatic carbocycles. The van der Waals surface area contributed by atoms with E-state index in [4.69, 9.17) is 5.73 Å². The molecule has 2 N–H and O–H groups in total. The molecule has 1 aliphatic rings. The summed E-state index contributed by atoms with van der Waals surface area (Å²) in [5, 5.41) is 0. The maximum absolute atomic E-state index is 6.07. The molecule has 4 heteroatoms. The van der Waals surface area contributed by atoms with Crippen molar-refractivity contribution in [3.63, 3.8) is 0 Å². The average molecular weight is 244 g/mol.